The fourth-order valence-electron chi connectivity index (χ4n) is 2.33. The Morgan fingerprint density at radius 1 is 1.15 bits per heavy atom. The summed E-state index contributed by atoms with van der Waals surface area (Å²) in [5.41, 5.74) is 8.84. The first-order valence-corrected chi connectivity index (χ1v) is 6.47. The van der Waals surface area contributed by atoms with Gasteiger partial charge in [-0.25, -0.2) is 9.78 Å². The van der Waals surface area contributed by atoms with Crippen LogP contribution in [0.4, 0.5) is 4.79 Å². The van der Waals surface area contributed by atoms with Crippen molar-refractivity contribution in [3.63, 3.8) is 0 Å². The van der Waals surface area contributed by atoms with Crippen molar-refractivity contribution >= 4 is 17.1 Å². The fourth-order valence-corrected chi connectivity index (χ4v) is 2.33. The largest absolute Gasteiger partial charge is 0.351 e. The normalized spacial score (nSPS) is 11.5. The molecule has 0 aliphatic carbocycles. The Morgan fingerprint density at radius 2 is 1.95 bits per heavy atom. The zero-order valence-corrected chi connectivity index (χ0v) is 10.9. The molecule has 1 amide bonds. The van der Waals surface area contributed by atoms with Crippen LogP contribution in [-0.4, -0.2) is 15.6 Å². The first-order valence-electron chi connectivity index (χ1n) is 6.97. The number of carbonyl (C=O) groups is 1. The van der Waals surface area contributed by atoms with Crippen LogP contribution < -0.4 is 5.73 Å². The number of fused-ring (bicyclic) bond motifs is 1. The molecule has 2 N–H and O–H groups in total. The van der Waals surface area contributed by atoms with E-state index in [4.69, 9.17) is 7.10 Å². The van der Waals surface area contributed by atoms with Crippen molar-refractivity contribution in [2.75, 3.05) is 0 Å². The van der Waals surface area contributed by atoms with Crippen LogP contribution in [0.25, 0.3) is 11.0 Å². The third-order valence-corrected chi connectivity index (χ3v) is 3.35. The second kappa shape index (κ2) is 5.17. The van der Waals surface area contributed by atoms with Crippen LogP contribution >= 0.6 is 0 Å². The van der Waals surface area contributed by atoms with Gasteiger partial charge >= 0.3 is 6.03 Å². The second-order valence-electron chi connectivity index (χ2n) is 4.66. The van der Waals surface area contributed by atoms with Crippen LogP contribution in [0.1, 0.15) is 12.5 Å². The summed E-state index contributed by atoms with van der Waals surface area (Å²) >= 11 is 0. The maximum atomic E-state index is 11.4. The number of nitrogens with zero attached hydrogens (tertiary/aromatic N) is 2. The molecule has 3 aromatic rings. The van der Waals surface area contributed by atoms with E-state index in [1.54, 1.807) is 6.07 Å². The van der Waals surface area contributed by atoms with Crippen LogP contribution in [0.15, 0.2) is 54.8 Å². The third-order valence-electron chi connectivity index (χ3n) is 3.35. The van der Waals surface area contributed by atoms with E-state index in [2.05, 4.69) is 17.1 Å². The first kappa shape index (κ1) is 11.2. The number of hydrogen-bond acceptors (Lipinski definition) is 2. The Labute approximate surface area is 118 Å². The summed E-state index contributed by atoms with van der Waals surface area (Å²) in [7, 11) is 0. The average Bonchev–Trinajstić information content (AvgIpc) is 2.82. The number of para-hydroxylation sites is 1. The zero-order valence-electron chi connectivity index (χ0n) is 11.9. The van der Waals surface area contributed by atoms with Crippen molar-refractivity contribution in [3.05, 3.63) is 66.0 Å². The van der Waals surface area contributed by atoms with Gasteiger partial charge in [-0.2, -0.15) is 0 Å². The van der Waals surface area contributed by atoms with Gasteiger partial charge in [-0.1, -0.05) is 42.5 Å². The number of hydrogen-bond donors (Lipinski definition) is 1. The molecule has 0 aliphatic heterocycles. The molecule has 0 saturated heterocycles. The number of rotatable bonds is 3. The summed E-state index contributed by atoms with van der Waals surface area (Å²) in [4.78, 5) is 15.6. The van der Waals surface area contributed by atoms with E-state index < -0.39 is 6.03 Å². The summed E-state index contributed by atoms with van der Waals surface area (Å²) in [6, 6.07) is 15.1. The molecule has 0 saturated carbocycles. The molecule has 1 aromatic heterocycles. The Hall–Kier alpha value is -2.62. The average molecular weight is 266 g/mol. The van der Waals surface area contributed by atoms with E-state index in [9.17, 15) is 4.79 Å². The molecule has 3 rings (SSSR count). The zero-order chi connectivity index (χ0) is 14.8. The van der Waals surface area contributed by atoms with E-state index in [0.29, 0.717) is 11.0 Å². The van der Waals surface area contributed by atoms with Crippen molar-refractivity contribution in [3.8, 4) is 0 Å². The van der Waals surface area contributed by atoms with E-state index in [1.807, 2.05) is 30.3 Å². The van der Waals surface area contributed by atoms with Gasteiger partial charge in [0.2, 0.25) is 0 Å². The van der Waals surface area contributed by atoms with Crippen molar-refractivity contribution < 1.29 is 6.17 Å². The summed E-state index contributed by atoms with van der Waals surface area (Å²) in [6.45, 7) is 0. The molecule has 0 aliphatic rings. The molecule has 2 aromatic carbocycles. The number of imidazole rings is 1. The van der Waals surface area contributed by atoms with Gasteiger partial charge in [0.1, 0.15) is 7.67 Å². The number of amides is 1. The molecule has 0 fully saturated rings. The maximum absolute atomic E-state index is 11.4. The highest BCUT2D eigenvalue weighted by atomic mass is 16.2. The number of aryl methyl sites for hydroxylation is 2. The highest BCUT2D eigenvalue weighted by Crippen LogP contribution is 2.19. The van der Waals surface area contributed by atoms with Crippen molar-refractivity contribution in [1.82, 2.24) is 9.55 Å². The molecule has 4 nitrogen and oxygen atoms in total. The lowest BCUT2D eigenvalue weighted by Gasteiger charge is -2.04. The second-order valence-corrected chi connectivity index (χ2v) is 4.66. The molecule has 0 bridgehead atoms. The van der Waals surface area contributed by atoms with Crippen molar-refractivity contribution in [2.45, 2.75) is 12.8 Å². The number of primary amides is 1. The van der Waals surface area contributed by atoms with Gasteiger partial charge in [0, 0.05) is 0 Å². The highest BCUT2D eigenvalue weighted by Gasteiger charge is 2.09. The number of aromatic nitrogens is 2. The number of carbonyl (C=O) groups excluding carboxylic acids is 1. The summed E-state index contributed by atoms with van der Waals surface area (Å²) in [6.07, 6.45) is 1.57. The molecule has 100 valence electrons. The molecule has 4 heteroatoms. The van der Waals surface area contributed by atoms with E-state index in [-0.39, 0.29) is 6.30 Å². The predicted octanol–water partition coefficient (Wildman–Crippen LogP) is 2.75. The Balaban J connectivity index is 1.96. The van der Waals surface area contributed by atoms with Crippen molar-refractivity contribution in [1.29, 1.82) is 0 Å². The lowest BCUT2D eigenvalue weighted by atomic mass is 10.0. The lowest BCUT2D eigenvalue weighted by Crippen LogP contribution is -2.18. The molecule has 20 heavy (non-hydrogen) atoms. The minimum absolute atomic E-state index is 0.121. The lowest BCUT2D eigenvalue weighted by molar-refractivity contribution is 0.251. The predicted molar refractivity (Wildman–Crippen MR) is 78.6 cm³/mol. The fraction of sp³-hybridized carbons (Fsp3) is 0.125. The Bertz CT molecular complexity index is 796. The molecule has 1 heterocycles. The van der Waals surface area contributed by atoms with E-state index >= 15 is 0 Å². The highest BCUT2D eigenvalue weighted by molar-refractivity contribution is 5.89. The molecule has 0 radical (unpaired) electrons. The Kier molecular flexibility index (Phi) is 2.90. The number of nitrogens with two attached hydrogens (primary N) is 1. The van der Waals surface area contributed by atoms with Gasteiger partial charge in [-0.05, 0) is 30.0 Å². The monoisotopic (exact) mass is 266 g/mol. The quantitative estimate of drug-likeness (QED) is 0.792. The van der Waals surface area contributed by atoms with Crippen LogP contribution in [0.3, 0.4) is 0 Å². The summed E-state index contributed by atoms with van der Waals surface area (Å²) < 4.78 is 8.90. The summed E-state index contributed by atoms with van der Waals surface area (Å²) in [5.74, 6) is 0. The molecule has 0 atom stereocenters. The molecular formula is C16H15N3O. The molecule has 0 unspecified atom stereocenters. The molecule has 0 spiro atoms. The number of benzene rings is 2. The van der Waals surface area contributed by atoms with Crippen LogP contribution in [0, 0.1) is 0 Å². The standard InChI is InChI=1S/C16H15N3O/c17-16(20)19-11-18-15-13(7-4-8-14(15)19)10-9-12-5-2-1-3-6-12/h1-8,11H,9-10H2,(H2,17,20)/i11D. The van der Waals surface area contributed by atoms with Gasteiger partial charge < -0.3 is 5.73 Å². The van der Waals surface area contributed by atoms with Gasteiger partial charge in [-0.15, -0.1) is 0 Å². The topological polar surface area (TPSA) is 60.9 Å². The smallest absolute Gasteiger partial charge is 0.324 e. The van der Waals surface area contributed by atoms with Crippen LogP contribution in [-0.2, 0) is 12.8 Å². The van der Waals surface area contributed by atoms with Gasteiger partial charge in [0.15, 0.2) is 0 Å². The van der Waals surface area contributed by atoms with Gasteiger partial charge in [-0.3, -0.25) is 4.57 Å². The van der Waals surface area contributed by atoms with Crippen LogP contribution in [0.5, 0.6) is 0 Å². The minimum Gasteiger partial charge on any atom is -0.351 e. The SMILES string of the molecule is [2H]c1nc2c(CCc3ccccc3)cccc2n1C(N)=O. The van der Waals surface area contributed by atoms with Gasteiger partial charge in [0.25, 0.3) is 0 Å². The van der Waals surface area contributed by atoms with E-state index in [0.717, 1.165) is 23.0 Å². The minimum atomic E-state index is -0.678. The molecular weight excluding hydrogens is 250 g/mol. The maximum Gasteiger partial charge on any atom is 0.324 e. The van der Waals surface area contributed by atoms with E-state index in [1.165, 1.54) is 5.56 Å². The van der Waals surface area contributed by atoms with Crippen LogP contribution in [0.2, 0.25) is 0 Å². The summed E-state index contributed by atoms with van der Waals surface area (Å²) in [5, 5.41) is 0. The van der Waals surface area contributed by atoms with Crippen molar-refractivity contribution in [2.24, 2.45) is 5.73 Å². The first-order chi connectivity index (χ1) is 10.2. The third kappa shape index (κ3) is 2.28. The van der Waals surface area contributed by atoms with Gasteiger partial charge in [0.05, 0.1) is 11.0 Å². The Morgan fingerprint density at radius 3 is 2.70 bits per heavy atom.